The number of rotatable bonds is 9. The minimum Gasteiger partial charge on any atom is -0.496 e. The Morgan fingerprint density at radius 2 is 1.93 bits per heavy atom. The molecule has 162 valence electrons. The lowest BCUT2D eigenvalue weighted by molar-refractivity contribution is -0.121. The number of carbonyl (C=O) groups excluding carboxylic acids is 1. The molecule has 8 nitrogen and oxygen atoms in total. The second-order valence-electron chi connectivity index (χ2n) is 7.01. The van der Waals surface area contributed by atoms with E-state index >= 15 is 0 Å². The van der Waals surface area contributed by atoms with Gasteiger partial charge in [-0.2, -0.15) is 0 Å². The first-order chi connectivity index (χ1) is 14.3. The van der Waals surface area contributed by atoms with Crippen LogP contribution in [0.25, 0.3) is 0 Å². The minimum atomic E-state index is -3.52. The normalized spacial score (nSPS) is 13.6. The summed E-state index contributed by atoms with van der Waals surface area (Å²) >= 11 is 0. The van der Waals surface area contributed by atoms with Gasteiger partial charge in [0, 0.05) is 24.6 Å². The highest BCUT2D eigenvalue weighted by atomic mass is 32.2. The third-order valence-electron chi connectivity index (χ3n) is 4.79. The molecule has 1 heterocycles. The quantitative estimate of drug-likeness (QED) is 0.652. The molecule has 1 aliphatic heterocycles. The molecule has 30 heavy (non-hydrogen) atoms. The van der Waals surface area contributed by atoms with Crippen molar-refractivity contribution in [1.29, 1.82) is 0 Å². The monoisotopic (exact) mass is 434 g/mol. The highest BCUT2D eigenvalue weighted by Gasteiger charge is 2.22. The van der Waals surface area contributed by atoms with Crippen LogP contribution in [0.1, 0.15) is 31.4 Å². The van der Waals surface area contributed by atoms with Crippen LogP contribution in [0.5, 0.6) is 17.2 Å². The number of methoxy groups -OCH3 is 1. The van der Waals surface area contributed by atoms with Gasteiger partial charge < -0.3 is 19.5 Å². The molecule has 9 heteroatoms. The van der Waals surface area contributed by atoms with Gasteiger partial charge in [0.1, 0.15) is 5.75 Å². The van der Waals surface area contributed by atoms with E-state index in [2.05, 4.69) is 5.32 Å². The van der Waals surface area contributed by atoms with Crippen molar-refractivity contribution in [2.75, 3.05) is 31.0 Å². The molecule has 0 saturated heterocycles. The van der Waals surface area contributed by atoms with Gasteiger partial charge in [-0.15, -0.1) is 0 Å². The van der Waals surface area contributed by atoms with Crippen molar-refractivity contribution in [1.82, 2.24) is 5.32 Å². The Hall–Kier alpha value is -2.94. The summed E-state index contributed by atoms with van der Waals surface area (Å²) in [4.78, 5) is 12.4. The summed E-state index contributed by atoms with van der Waals surface area (Å²) in [5.74, 6) is 1.63. The molecule has 1 N–H and O–H groups in total. The third-order valence-corrected chi connectivity index (χ3v) is 5.99. The number of hydrogen-bond donors (Lipinski definition) is 1. The molecule has 2 aromatic carbocycles. The number of ether oxygens (including phenoxy) is 3. The SMILES string of the molecule is COc1ccccc1C(C)NC(=O)CCCN(c1ccc2c(c1)OCO2)S(C)(=O)=O. The third kappa shape index (κ3) is 5.15. The highest BCUT2D eigenvalue weighted by molar-refractivity contribution is 7.92. The summed E-state index contributed by atoms with van der Waals surface area (Å²) in [7, 11) is -1.93. The summed E-state index contributed by atoms with van der Waals surface area (Å²) in [6, 6.07) is 12.2. The zero-order chi connectivity index (χ0) is 21.7. The van der Waals surface area contributed by atoms with E-state index in [0.717, 1.165) is 11.8 Å². The Kier molecular flexibility index (Phi) is 6.71. The maximum atomic E-state index is 12.4. The van der Waals surface area contributed by atoms with Crippen molar-refractivity contribution >= 4 is 21.6 Å². The van der Waals surface area contributed by atoms with Gasteiger partial charge in [-0.3, -0.25) is 9.10 Å². The molecule has 3 rings (SSSR count). The van der Waals surface area contributed by atoms with Crippen molar-refractivity contribution in [2.45, 2.75) is 25.8 Å². The van der Waals surface area contributed by atoms with Gasteiger partial charge in [0.15, 0.2) is 11.5 Å². The molecule has 0 spiro atoms. The van der Waals surface area contributed by atoms with Crippen LogP contribution in [0.15, 0.2) is 42.5 Å². The molecule has 1 aliphatic rings. The predicted octanol–water partition coefficient (Wildman–Crippen LogP) is 2.85. The van der Waals surface area contributed by atoms with Gasteiger partial charge >= 0.3 is 0 Å². The number of benzene rings is 2. The summed E-state index contributed by atoms with van der Waals surface area (Å²) in [5, 5.41) is 2.93. The molecule has 1 unspecified atom stereocenters. The number of fused-ring (bicyclic) bond motifs is 1. The van der Waals surface area contributed by atoms with Gasteiger partial charge in [0.2, 0.25) is 22.7 Å². The van der Waals surface area contributed by atoms with E-state index in [-0.39, 0.29) is 31.7 Å². The fraction of sp³-hybridized carbons (Fsp3) is 0.381. The van der Waals surface area contributed by atoms with E-state index < -0.39 is 10.0 Å². The molecule has 0 radical (unpaired) electrons. The van der Waals surface area contributed by atoms with Crippen LogP contribution in [0.4, 0.5) is 5.69 Å². The van der Waals surface area contributed by atoms with Crippen LogP contribution in [-0.2, 0) is 14.8 Å². The van der Waals surface area contributed by atoms with Crippen LogP contribution in [0, 0.1) is 0 Å². The fourth-order valence-corrected chi connectivity index (χ4v) is 4.28. The first-order valence-electron chi connectivity index (χ1n) is 9.59. The Morgan fingerprint density at radius 1 is 1.20 bits per heavy atom. The number of sulfonamides is 1. The van der Waals surface area contributed by atoms with E-state index in [1.807, 2.05) is 31.2 Å². The number of anilines is 1. The van der Waals surface area contributed by atoms with E-state index in [0.29, 0.717) is 29.4 Å². The lowest BCUT2D eigenvalue weighted by atomic mass is 10.1. The predicted molar refractivity (Wildman–Crippen MR) is 114 cm³/mol. The highest BCUT2D eigenvalue weighted by Crippen LogP contribution is 2.36. The van der Waals surface area contributed by atoms with Gasteiger partial charge in [-0.25, -0.2) is 8.42 Å². The van der Waals surface area contributed by atoms with Crippen molar-refractivity contribution in [3.05, 3.63) is 48.0 Å². The summed E-state index contributed by atoms with van der Waals surface area (Å²) in [6.45, 7) is 2.17. The second-order valence-corrected chi connectivity index (χ2v) is 8.91. The first-order valence-corrected chi connectivity index (χ1v) is 11.4. The van der Waals surface area contributed by atoms with Crippen LogP contribution in [0.2, 0.25) is 0 Å². The number of amides is 1. The van der Waals surface area contributed by atoms with Crippen molar-refractivity contribution < 1.29 is 27.4 Å². The number of nitrogens with zero attached hydrogens (tertiary/aromatic N) is 1. The average Bonchev–Trinajstić information content (AvgIpc) is 3.18. The van der Waals surface area contributed by atoms with Gasteiger partial charge in [-0.05, 0) is 31.5 Å². The van der Waals surface area contributed by atoms with E-state index in [9.17, 15) is 13.2 Å². The Bertz CT molecular complexity index is 1010. The lowest BCUT2D eigenvalue weighted by Gasteiger charge is -2.23. The first kappa shape index (κ1) is 21.8. The van der Waals surface area contributed by atoms with Crippen LogP contribution in [-0.4, -0.2) is 41.0 Å². The Balaban J connectivity index is 1.59. The topological polar surface area (TPSA) is 94.2 Å². The summed E-state index contributed by atoms with van der Waals surface area (Å²) in [5.41, 5.74) is 1.36. The summed E-state index contributed by atoms with van der Waals surface area (Å²) in [6.07, 6.45) is 1.70. The van der Waals surface area contributed by atoms with Gasteiger partial charge in [-0.1, -0.05) is 18.2 Å². The Morgan fingerprint density at radius 3 is 2.67 bits per heavy atom. The van der Waals surface area contributed by atoms with Crippen molar-refractivity contribution in [3.8, 4) is 17.2 Å². The van der Waals surface area contributed by atoms with Crippen molar-refractivity contribution in [3.63, 3.8) is 0 Å². The van der Waals surface area contributed by atoms with E-state index in [1.54, 1.807) is 25.3 Å². The number of carbonyl (C=O) groups is 1. The second kappa shape index (κ2) is 9.25. The van der Waals surface area contributed by atoms with Gasteiger partial charge in [0.25, 0.3) is 0 Å². The molecular formula is C21H26N2O6S. The number of nitrogens with one attached hydrogen (secondary N) is 1. The van der Waals surface area contributed by atoms with Crippen LogP contribution >= 0.6 is 0 Å². The standard InChI is InChI=1S/C21H26N2O6S/c1-15(17-7-4-5-8-18(17)27-2)22-21(24)9-6-12-23(30(3,25)26)16-10-11-19-20(13-16)29-14-28-19/h4-5,7-8,10-11,13,15H,6,9,12,14H2,1-3H3,(H,22,24). The number of para-hydroxylation sites is 1. The molecular weight excluding hydrogens is 408 g/mol. The molecule has 0 saturated carbocycles. The summed E-state index contributed by atoms with van der Waals surface area (Å²) < 4.78 is 41.8. The smallest absolute Gasteiger partial charge is 0.232 e. The van der Waals surface area contributed by atoms with E-state index in [1.165, 1.54) is 4.31 Å². The van der Waals surface area contributed by atoms with Crippen LogP contribution < -0.4 is 23.8 Å². The van der Waals surface area contributed by atoms with Gasteiger partial charge in [0.05, 0.1) is 25.1 Å². The molecule has 0 fully saturated rings. The maximum absolute atomic E-state index is 12.4. The molecule has 0 bridgehead atoms. The zero-order valence-electron chi connectivity index (χ0n) is 17.3. The van der Waals surface area contributed by atoms with Crippen LogP contribution in [0.3, 0.4) is 0 Å². The minimum absolute atomic E-state index is 0.113. The average molecular weight is 435 g/mol. The lowest BCUT2D eigenvalue weighted by Crippen LogP contribution is -2.32. The van der Waals surface area contributed by atoms with E-state index in [4.69, 9.17) is 14.2 Å². The zero-order valence-corrected chi connectivity index (χ0v) is 18.1. The number of hydrogen-bond acceptors (Lipinski definition) is 6. The molecule has 2 aromatic rings. The van der Waals surface area contributed by atoms with Crippen molar-refractivity contribution in [2.24, 2.45) is 0 Å². The molecule has 1 amide bonds. The molecule has 0 aliphatic carbocycles. The Labute approximate surface area is 176 Å². The molecule has 0 aromatic heterocycles. The largest absolute Gasteiger partial charge is 0.496 e. The fourth-order valence-electron chi connectivity index (χ4n) is 3.33. The molecule has 1 atom stereocenters. The maximum Gasteiger partial charge on any atom is 0.232 e.